The quantitative estimate of drug-likeness (QED) is 0.388. The zero-order valence-electron chi connectivity index (χ0n) is 17.1. The first-order valence-electron chi connectivity index (χ1n) is 10.8. The number of hydrogen-bond acceptors (Lipinski definition) is 0. The molecule has 0 aliphatic heterocycles. The predicted molar refractivity (Wildman–Crippen MR) is 115 cm³/mol. The van der Waals surface area contributed by atoms with Gasteiger partial charge in [0.25, 0.3) is 0 Å². The minimum Gasteiger partial charge on any atom is -0.204 e. The van der Waals surface area contributed by atoms with Crippen LogP contribution in [0, 0.1) is 41.2 Å². The number of rotatable bonds is 2. The second-order valence-corrected chi connectivity index (χ2v) is 8.54. The third-order valence-electron chi connectivity index (χ3n) is 6.71. The smallest absolute Gasteiger partial charge is 0.174 e. The summed E-state index contributed by atoms with van der Waals surface area (Å²) in [5, 5.41) is 0. The number of hydrogen-bond donors (Lipinski definition) is 0. The Bertz CT molecular complexity index is 952. The van der Waals surface area contributed by atoms with Crippen LogP contribution >= 0.6 is 0 Å². The lowest BCUT2D eigenvalue weighted by atomic mass is 9.69. The maximum absolute atomic E-state index is 13.8. The molecule has 0 N–H and O–H groups in total. The molecule has 4 rings (SSSR count). The van der Waals surface area contributed by atoms with Crippen molar-refractivity contribution in [3.63, 3.8) is 0 Å². The summed E-state index contributed by atoms with van der Waals surface area (Å²) in [7, 11) is 0. The van der Waals surface area contributed by atoms with Crippen LogP contribution in [-0.4, -0.2) is 0 Å². The molecule has 2 aliphatic rings. The van der Waals surface area contributed by atoms with Crippen molar-refractivity contribution in [2.45, 2.75) is 51.9 Å². The van der Waals surface area contributed by atoms with Crippen LogP contribution in [0.5, 0.6) is 0 Å². The van der Waals surface area contributed by atoms with Crippen molar-refractivity contribution in [1.82, 2.24) is 0 Å². The monoisotopic (exact) mass is 390 g/mol. The van der Waals surface area contributed by atoms with E-state index >= 15 is 0 Å². The fraction of sp³-hybridized carbons (Fsp3) is 0.407. The summed E-state index contributed by atoms with van der Waals surface area (Å²) in [6, 6.07) is 10.5. The molecule has 1 saturated carbocycles. The van der Waals surface area contributed by atoms with Gasteiger partial charge < -0.3 is 0 Å². The van der Waals surface area contributed by atoms with E-state index in [-0.39, 0.29) is 5.56 Å². The summed E-state index contributed by atoms with van der Waals surface area (Å²) in [6.07, 6.45) is 13.5. The van der Waals surface area contributed by atoms with Gasteiger partial charge in [-0.3, -0.25) is 0 Å². The highest BCUT2D eigenvalue weighted by molar-refractivity contribution is 5.46. The van der Waals surface area contributed by atoms with Crippen LogP contribution in [-0.2, 0) is 12.8 Å². The summed E-state index contributed by atoms with van der Waals surface area (Å²) in [5.41, 5.74) is 3.80. The minimum atomic E-state index is -0.870. The van der Waals surface area contributed by atoms with Crippen molar-refractivity contribution < 1.29 is 8.78 Å². The molecule has 1 unspecified atom stereocenters. The molecule has 2 heteroatoms. The van der Waals surface area contributed by atoms with E-state index in [1.807, 2.05) is 6.07 Å². The summed E-state index contributed by atoms with van der Waals surface area (Å²) in [6.45, 7) is 2.12. The molecule has 0 bridgehead atoms. The Morgan fingerprint density at radius 1 is 0.897 bits per heavy atom. The van der Waals surface area contributed by atoms with Gasteiger partial charge in [0.15, 0.2) is 11.6 Å². The normalized spacial score (nSPS) is 24.0. The van der Waals surface area contributed by atoms with E-state index in [0.29, 0.717) is 0 Å². The summed E-state index contributed by atoms with van der Waals surface area (Å²) < 4.78 is 27.1. The van der Waals surface area contributed by atoms with Gasteiger partial charge in [-0.2, -0.15) is 0 Å². The average molecular weight is 391 g/mol. The average Bonchev–Trinajstić information content (AvgIpc) is 2.75. The van der Waals surface area contributed by atoms with Crippen molar-refractivity contribution >= 4 is 0 Å². The van der Waals surface area contributed by atoms with E-state index in [9.17, 15) is 8.78 Å². The summed E-state index contributed by atoms with van der Waals surface area (Å²) in [5.74, 6) is 6.51. The van der Waals surface area contributed by atoms with Crippen molar-refractivity contribution in [3.05, 3.63) is 82.4 Å². The fourth-order valence-corrected chi connectivity index (χ4v) is 5.08. The molecular weight excluding hydrogens is 362 g/mol. The zero-order chi connectivity index (χ0) is 20.2. The zero-order valence-corrected chi connectivity index (χ0v) is 17.1. The molecule has 0 heterocycles. The minimum absolute atomic E-state index is 0.108. The van der Waals surface area contributed by atoms with Gasteiger partial charge in [-0.25, -0.2) is 8.78 Å². The van der Waals surface area contributed by atoms with Crippen molar-refractivity contribution in [3.8, 4) is 11.8 Å². The lowest BCUT2D eigenvalue weighted by Gasteiger charge is -2.36. The molecule has 150 valence electrons. The second kappa shape index (κ2) is 8.95. The summed E-state index contributed by atoms with van der Waals surface area (Å²) in [4.78, 5) is 0. The highest BCUT2D eigenvalue weighted by Crippen LogP contribution is 2.40. The largest absolute Gasteiger partial charge is 0.204 e. The Morgan fingerprint density at radius 2 is 1.72 bits per heavy atom. The molecular formula is C27H28F2. The van der Waals surface area contributed by atoms with Crippen LogP contribution in [0.25, 0.3) is 0 Å². The first-order chi connectivity index (χ1) is 14.1. The van der Waals surface area contributed by atoms with Gasteiger partial charge in [0.1, 0.15) is 0 Å². The van der Waals surface area contributed by atoms with Gasteiger partial charge >= 0.3 is 0 Å². The molecule has 2 aromatic rings. The van der Waals surface area contributed by atoms with Crippen molar-refractivity contribution in [2.24, 2.45) is 17.8 Å². The van der Waals surface area contributed by atoms with Gasteiger partial charge in [-0.1, -0.05) is 36.1 Å². The van der Waals surface area contributed by atoms with E-state index < -0.39 is 11.6 Å². The second-order valence-electron chi connectivity index (χ2n) is 8.54. The molecule has 0 aromatic heterocycles. The molecule has 1 atom stereocenters. The molecule has 0 amide bonds. The van der Waals surface area contributed by atoms with Gasteiger partial charge in [-0.05, 0) is 105 Å². The maximum atomic E-state index is 13.8. The Balaban J connectivity index is 1.43. The van der Waals surface area contributed by atoms with Crippen LogP contribution in [0.1, 0.15) is 61.3 Å². The van der Waals surface area contributed by atoms with Crippen LogP contribution < -0.4 is 0 Å². The molecule has 2 aliphatic carbocycles. The fourth-order valence-electron chi connectivity index (χ4n) is 5.08. The van der Waals surface area contributed by atoms with Crippen LogP contribution in [0.3, 0.4) is 0 Å². The number of benzene rings is 2. The molecule has 2 aromatic carbocycles. The Labute approximate surface area is 173 Å². The van der Waals surface area contributed by atoms with Crippen LogP contribution in [0.4, 0.5) is 8.78 Å². The molecule has 29 heavy (non-hydrogen) atoms. The highest BCUT2D eigenvalue weighted by atomic mass is 19.2. The van der Waals surface area contributed by atoms with E-state index in [1.54, 1.807) is 0 Å². The Hall–Kier alpha value is -2.40. The molecule has 1 fully saturated rings. The standard InChI is InChI=1S/C27H28F2/c1-2-4-19-7-11-21(12-8-19)24-16-15-23-17-20(10-14-25(23)18-24)9-13-22-5-3-6-26(28)27(22)29/h2-6,10,14,17,19,21,24H,7-8,11-12,15-16,18H2,1H3/b4-2+. The third-order valence-corrected chi connectivity index (χ3v) is 6.71. The number of aryl methyl sites for hydroxylation is 1. The highest BCUT2D eigenvalue weighted by Gasteiger charge is 2.29. The molecule has 0 spiro atoms. The first kappa shape index (κ1) is 19.9. The van der Waals surface area contributed by atoms with E-state index in [0.717, 1.165) is 35.8 Å². The summed E-state index contributed by atoms with van der Waals surface area (Å²) >= 11 is 0. The van der Waals surface area contributed by atoms with Crippen LogP contribution in [0.2, 0.25) is 0 Å². The van der Waals surface area contributed by atoms with Crippen molar-refractivity contribution in [1.29, 1.82) is 0 Å². The SMILES string of the molecule is C/C=C/C1CCC(C2CCc3cc(C#Cc4cccc(F)c4F)ccc3C2)CC1. The molecule has 0 saturated heterocycles. The topological polar surface area (TPSA) is 0 Å². The lowest BCUT2D eigenvalue weighted by Crippen LogP contribution is -2.26. The van der Waals surface area contributed by atoms with Crippen LogP contribution in [0.15, 0.2) is 48.6 Å². The Morgan fingerprint density at radius 3 is 2.52 bits per heavy atom. The van der Waals surface area contributed by atoms with Crippen molar-refractivity contribution in [2.75, 3.05) is 0 Å². The van der Waals surface area contributed by atoms with Gasteiger partial charge in [-0.15, -0.1) is 0 Å². The van der Waals surface area contributed by atoms with E-state index in [4.69, 9.17) is 0 Å². The molecule has 0 radical (unpaired) electrons. The number of halogens is 2. The van der Waals surface area contributed by atoms with E-state index in [2.05, 4.69) is 43.0 Å². The van der Waals surface area contributed by atoms with Gasteiger partial charge in [0.2, 0.25) is 0 Å². The van der Waals surface area contributed by atoms with E-state index in [1.165, 1.54) is 61.8 Å². The first-order valence-corrected chi connectivity index (χ1v) is 10.8. The van der Waals surface area contributed by atoms with Gasteiger partial charge in [0.05, 0.1) is 5.56 Å². The lowest BCUT2D eigenvalue weighted by molar-refractivity contribution is 0.206. The Kier molecular flexibility index (Phi) is 6.14. The number of fused-ring (bicyclic) bond motifs is 1. The predicted octanol–water partition coefficient (Wildman–Crippen LogP) is 6.85. The molecule has 0 nitrogen and oxygen atoms in total. The maximum Gasteiger partial charge on any atom is 0.174 e. The van der Waals surface area contributed by atoms with Gasteiger partial charge in [0, 0.05) is 5.56 Å². The third kappa shape index (κ3) is 4.61. The number of allylic oxidation sites excluding steroid dienone is 2.